The first-order valence-corrected chi connectivity index (χ1v) is 7.40. The molecule has 0 amide bonds. The number of carbonyl (C=O) groups is 2. The quantitative estimate of drug-likeness (QED) is 0.584. The monoisotopic (exact) mass is 341 g/mol. The summed E-state index contributed by atoms with van der Waals surface area (Å²) < 4.78 is 5.34. The SMILES string of the molecule is COc1ccnc2[nH]cc(C(c3cccnc3)C(C(=O)O)C(=O)O)c12. The Morgan fingerprint density at radius 3 is 2.56 bits per heavy atom. The molecule has 0 fully saturated rings. The Bertz CT molecular complexity index is 908. The summed E-state index contributed by atoms with van der Waals surface area (Å²) in [6.07, 6.45) is 6.11. The number of hydrogen-bond donors (Lipinski definition) is 3. The highest BCUT2D eigenvalue weighted by molar-refractivity contribution is 5.96. The second kappa shape index (κ2) is 6.60. The van der Waals surface area contributed by atoms with Gasteiger partial charge in [-0.25, -0.2) is 4.98 Å². The molecule has 3 rings (SSSR count). The number of aromatic amines is 1. The Labute approximate surface area is 142 Å². The average molecular weight is 341 g/mol. The lowest BCUT2D eigenvalue weighted by molar-refractivity contribution is -0.155. The van der Waals surface area contributed by atoms with Crippen LogP contribution in [0.15, 0.2) is 43.0 Å². The molecule has 1 unspecified atom stereocenters. The minimum absolute atomic E-state index is 0.475. The highest BCUT2D eigenvalue weighted by Crippen LogP contribution is 2.39. The summed E-state index contributed by atoms with van der Waals surface area (Å²) in [4.78, 5) is 34.5. The van der Waals surface area contributed by atoms with Gasteiger partial charge in [-0.2, -0.15) is 0 Å². The van der Waals surface area contributed by atoms with Crippen LogP contribution < -0.4 is 4.74 Å². The van der Waals surface area contributed by atoms with Crippen molar-refractivity contribution in [2.24, 2.45) is 5.92 Å². The van der Waals surface area contributed by atoms with Crippen molar-refractivity contribution in [3.63, 3.8) is 0 Å². The van der Waals surface area contributed by atoms with Crippen LogP contribution in [-0.2, 0) is 9.59 Å². The van der Waals surface area contributed by atoms with Crippen molar-refractivity contribution < 1.29 is 24.5 Å². The van der Waals surface area contributed by atoms with Gasteiger partial charge < -0.3 is 19.9 Å². The normalized spacial score (nSPS) is 12.2. The summed E-state index contributed by atoms with van der Waals surface area (Å²) in [7, 11) is 1.48. The Balaban J connectivity index is 2.29. The Morgan fingerprint density at radius 1 is 1.20 bits per heavy atom. The molecule has 0 aliphatic carbocycles. The summed E-state index contributed by atoms with van der Waals surface area (Å²) in [6.45, 7) is 0. The Kier molecular flexibility index (Phi) is 4.34. The van der Waals surface area contributed by atoms with E-state index in [9.17, 15) is 19.8 Å². The number of methoxy groups -OCH3 is 1. The van der Waals surface area contributed by atoms with Gasteiger partial charge in [0.2, 0.25) is 0 Å². The van der Waals surface area contributed by atoms with Gasteiger partial charge >= 0.3 is 11.9 Å². The van der Waals surface area contributed by atoms with E-state index in [1.165, 1.54) is 19.5 Å². The zero-order valence-electron chi connectivity index (χ0n) is 13.2. The van der Waals surface area contributed by atoms with Crippen molar-refractivity contribution in [2.75, 3.05) is 7.11 Å². The molecule has 1 atom stereocenters. The van der Waals surface area contributed by atoms with Gasteiger partial charge in [-0.05, 0) is 23.3 Å². The van der Waals surface area contributed by atoms with Crippen LogP contribution in [0.5, 0.6) is 5.75 Å². The van der Waals surface area contributed by atoms with E-state index in [0.717, 1.165) is 0 Å². The third kappa shape index (κ3) is 2.89. The largest absolute Gasteiger partial charge is 0.496 e. The molecule has 0 saturated heterocycles. The van der Waals surface area contributed by atoms with Gasteiger partial charge in [-0.15, -0.1) is 0 Å². The fraction of sp³-hybridized carbons (Fsp3) is 0.176. The maximum Gasteiger partial charge on any atom is 0.318 e. The number of rotatable bonds is 6. The molecule has 0 spiro atoms. The predicted molar refractivity (Wildman–Crippen MR) is 87.5 cm³/mol. The van der Waals surface area contributed by atoms with Crippen LogP contribution in [0, 0.1) is 5.92 Å². The second-order valence-electron chi connectivity index (χ2n) is 5.40. The summed E-state index contributed by atoms with van der Waals surface area (Å²) >= 11 is 0. The third-order valence-corrected chi connectivity index (χ3v) is 4.03. The molecule has 3 aromatic heterocycles. The lowest BCUT2D eigenvalue weighted by atomic mass is 9.81. The number of H-pyrrole nitrogens is 1. The zero-order chi connectivity index (χ0) is 18.0. The smallest absolute Gasteiger partial charge is 0.318 e. The average Bonchev–Trinajstić information content (AvgIpc) is 3.03. The van der Waals surface area contributed by atoms with Crippen molar-refractivity contribution in [2.45, 2.75) is 5.92 Å². The zero-order valence-corrected chi connectivity index (χ0v) is 13.2. The number of pyridine rings is 2. The van der Waals surface area contributed by atoms with E-state index in [4.69, 9.17) is 4.74 Å². The van der Waals surface area contributed by atoms with Crippen LogP contribution >= 0.6 is 0 Å². The predicted octanol–water partition coefficient (Wildman–Crippen LogP) is 1.88. The maximum absolute atomic E-state index is 11.7. The van der Waals surface area contributed by atoms with E-state index in [0.29, 0.717) is 27.9 Å². The lowest BCUT2D eigenvalue weighted by Crippen LogP contribution is -2.30. The number of hydrogen-bond acceptors (Lipinski definition) is 5. The molecule has 128 valence electrons. The van der Waals surface area contributed by atoms with Crippen LogP contribution in [0.3, 0.4) is 0 Å². The van der Waals surface area contributed by atoms with E-state index in [2.05, 4.69) is 15.0 Å². The lowest BCUT2D eigenvalue weighted by Gasteiger charge is -2.21. The second-order valence-corrected chi connectivity index (χ2v) is 5.40. The highest BCUT2D eigenvalue weighted by Gasteiger charge is 2.39. The van der Waals surface area contributed by atoms with E-state index in [-0.39, 0.29) is 0 Å². The number of aromatic nitrogens is 3. The molecule has 0 saturated carbocycles. The minimum atomic E-state index is -1.69. The number of fused-ring (bicyclic) bond motifs is 1. The van der Waals surface area contributed by atoms with Crippen LogP contribution in [0.2, 0.25) is 0 Å². The fourth-order valence-electron chi connectivity index (χ4n) is 2.97. The Hall–Kier alpha value is -3.42. The van der Waals surface area contributed by atoms with E-state index >= 15 is 0 Å². The van der Waals surface area contributed by atoms with Crippen molar-refractivity contribution in [3.8, 4) is 5.75 Å². The van der Waals surface area contributed by atoms with Crippen molar-refractivity contribution >= 4 is 23.0 Å². The summed E-state index contributed by atoms with van der Waals surface area (Å²) in [5, 5.41) is 19.6. The molecular weight excluding hydrogens is 326 g/mol. The van der Waals surface area contributed by atoms with Gasteiger partial charge in [0, 0.05) is 30.7 Å². The number of nitrogens with one attached hydrogen (secondary N) is 1. The molecule has 3 aromatic rings. The number of aliphatic carboxylic acids is 2. The molecule has 3 N–H and O–H groups in total. The van der Waals surface area contributed by atoms with Crippen molar-refractivity contribution in [3.05, 3.63) is 54.1 Å². The van der Waals surface area contributed by atoms with Crippen LogP contribution in [0.1, 0.15) is 17.0 Å². The minimum Gasteiger partial charge on any atom is -0.496 e. The first kappa shape index (κ1) is 16.4. The first-order valence-electron chi connectivity index (χ1n) is 7.40. The van der Waals surface area contributed by atoms with Gasteiger partial charge in [-0.3, -0.25) is 14.6 Å². The van der Waals surface area contributed by atoms with Crippen LogP contribution in [0.4, 0.5) is 0 Å². The number of ether oxygens (including phenoxy) is 1. The molecule has 0 aliphatic rings. The molecule has 0 aliphatic heterocycles. The molecule has 8 nitrogen and oxygen atoms in total. The summed E-state index contributed by atoms with van der Waals surface area (Å²) in [5.74, 6) is -5.04. The number of carboxylic acids is 2. The molecule has 0 radical (unpaired) electrons. The van der Waals surface area contributed by atoms with Gasteiger partial charge in [-0.1, -0.05) is 6.07 Å². The first-order chi connectivity index (χ1) is 12.0. The van der Waals surface area contributed by atoms with Crippen LogP contribution in [-0.4, -0.2) is 44.2 Å². The van der Waals surface area contributed by atoms with Gasteiger partial charge in [0.1, 0.15) is 11.4 Å². The topological polar surface area (TPSA) is 125 Å². The van der Waals surface area contributed by atoms with Gasteiger partial charge in [0.05, 0.1) is 12.5 Å². The van der Waals surface area contributed by atoms with Gasteiger partial charge in [0.15, 0.2) is 5.92 Å². The Morgan fingerprint density at radius 2 is 1.96 bits per heavy atom. The summed E-state index contributed by atoms with van der Waals surface area (Å²) in [6, 6.07) is 4.92. The maximum atomic E-state index is 11.7. The number of carboxylic acid groups (broad SMARTS) is 2. The molecule has 0 aromatic carbocycles. The van der Waals surface area contributed by atoms with Crippen LogP contribution in [0.25, 0.3) is 11.0 Å². The molecule has 8 heteroatoms. The molecular formula is C17H15N3O5. The van der Waals surface area contributed by atoms with Gasteiger partial charge in [0.25, 0.3) is 0 Å². The molecule has 3 heterocycles. The van der Waals surface area contributed by atoms with E-state index < -0.39 is 23.8 Å². The van der Waals surface area contributed by atoms with Crippen molar-refractivity contribution in [1.29, 1.82) is 0 Å². The third-order valence-electron chi connectivity index (χ3n) is 4.03. The fourth-order valence-corrected chi connectivity index (χ4v) is 2.97. The summed E-state index contributed by atoms with van der Waals surface area (Å²) in [5.41, 5.74) is 1.43. The standard InChI is InChI=1S/C17H15N3O5/c1-25-11-4-6-19-15-13(11)10(8-20-15)12(9-3-2-5-18-7-9)14(16(21)22)17(23)24/h2-8,12,14H,1H3,(H,19,20)(H,21,22)(H,23,24). The van der Waals surface area contributed by atoms with E-state index in [1.807, 2.05) is 0 Å². The highest BCUT2D eigenvalue weighted by atomic mass is 16.5. The molecule has 0 bridgehead atoms. The van der Waals surface area contributed by atoms with E-state index in [1.54, 1.807) is 30.6 Å². The number of nitrogens with zero attached hydrogens (tertiary/aromatic N) is 2. The molecule has 25 heavy (non-hydrogen) atoms. The van der Waals surface area contributed by atoms with Crippen molar-refractivity contribution in [1.82, 2.24) is 15.0 Å².